The maximum absolute atomic E-state index is 13.0. The summed E-state index contributed by atoms with van der Waals surface area (Å²) in [6.45, 7) is 3.22. The van der Waals surface area contributed by atoms with Crippen LogP contribution in [0.1, 0.15) is 18.2 Å². The van der Waals surface area contributed by atoms with Gasteiger partial charge in [0.1, 0.15) is 0 Å². The minimum atomic E-state index is -4.48. The van der Waals surface area contributed by atoms with Crippen molar-refractivity contribution in [3.05, 3.63) is 46.7 Å². The molecule has 0 amide bonds. The molecule has 0 aliphatic carbocycles. The van der Waals surface area contributed by atoms with Gasteiger partial charge in [0.15, 0.2) is 0 Å². The van der Waals surface area contributed by atoms with Crippen LogP contribution in [0.2, 0.25) is 5.02 Å². The zero-order chi connectivity index (χ0) is 14.8. The Hall–Kier alpha value is -1.53. The lowest BCUT2D eigenvalue weighted by Gasteiger charge is -2.13. The first-order valence-corrected chi connectivity index (χ1v) is 6.42. The Morgan fingerprint density at radius 2 is 2.05 bits per heavy atom. The Morgan fingerprint density at radius 3 is 2.70 bits per heavy atom. The monoisotopic (exact) mass is 303 g/mol. The fourth-order valence-corrected chi connectivity index (χ4v) is 1.95. The predicted molar refractivity (Wildman–Crippen MR) is 71.0 cm³/mol. The molecule has 0 spiro atoms. The van der Waals surface area contributed by atoms with E-state index in [1.54, 1.807) is 6.07 Å². The fourth-order valence-electron chi connectivity index (χ4n) is 1.78. The van der Waals surface area contributed by atoms with Gasteiger partial charge in [-0.3, -0.25) is 0 Å². The number of nitrogens with zero attached hydrogens (tertiary/aromatic N) is 2. The van der Waals surface area contributed by atoms with Crippen LogP contribution < -0.4 is 5.32 Å². The molecule has 1 aromatic heterocycles. The molecule has 0 aliphatic heterocycles. The third-order valence-corrected chi connectivity index (χ3v) is 2.95. The number of rotatable bonds is 4. The molecule has 0 atom stereocenters. The highest BCUT2D eigenvalue weighted by molar-refractivity contribution is 6.30. The molecule has 7 heteroatoms. The SMILES string of the molecule is CCNCc1ccn(-c2ccc(Cl)cc2C(F)(F)F)n1. The van der Waals surface area contributed by atoms with E-state index >= 15 is 0 Å². The van der Waals surface area contributed by atoms with Crippen molar-refractivity contribution in [3.63, 3.8) is 0 Å². The van der Waals surface area contributed by atoms with Gasteiger partial charge in [-0.15, -0.1) is 0 Å². The second kappa shape index (κ2) is 5.85. The fraction of sp³-hybridized carbons (Fsp3) is 0.308. The first-order valence-electron chi connectivity index (χ1n) is 6.04. The van der Waals surface area contributed by atoms with E-state index < -0.39 is 11.7 Å². The van der Waals surface area contributed by atoms with E-state index in [1.165, 1.54) is 23.0 Å². The molecule has 1 aromatic carbocycles. The van der Waals surface area contributed by atoms with E-state index in [1.807, 2.05) is 6.92 Å². The third-order valence-electron chi connectivity index (χ3n) is 2.71. The number of benzene rings is 1. The third kappa shape index (κ3) is 3.32. The average molecular weight is 304 g/mol. The highest BCUT2D eigenvalue weighted by Crippen LogP contribution is 2.35. The second-order valence-corrected chi connectivity index (χ2v) is 4.63. The van der Waals surface area contributed by atoms with Crippen molar-refractivity contribution in [2.45, 2.75) is 19.6 Å². The van der Waals surface area contributed by atoms with E-state index in [4.69, 9.17) is 11.6 Å². The van der Waals surface area contributed by atoms with Gasteiger partial charge in [0.25, 0.3) is 0 Å². The Labute approximate surface area is 119 Å². The topological polar surface area (TPSA) is 29.9 Å². The van der Waals surface area contributed by atoms with Crippen LogP contribution in [0.5, 0.6) is 0 Å². The van der Waals surface area contributed by atoms with Gasteiger partial charge >= 0.3 is 6.18 Å². The van der Waals surface area contributed by atoms with Gasteiger partial charge in [-0.1, -0.05) is 18.5 Å². The van der Waals surface area contributed by atoms with Crippen LogP contribution in [0.3, 0.4) is 0 Å². The summed E-state index contributed by atoms with van der Waals surface area (Å²) < 4.78 is 40.2. The minimum Gasteiger partial charge on any atom is -0.311 e. The van der Waals surface area contributed by atoms with Crippen LogP contribution >= 0.6 is 11.6 Å². The van der Waals surface area contributed by atoms with Gasteiger partial charge in [0, 0.05) is 17.8 Å². The Kier molecular flexibility index (Phi) is 4.35. The smallest absolute Gasteiger partial charge is 0.311 e. The highest BCUT2D eigenvalue weighted by atomic mass is 35.5. The molecule has 3 nitrogen and oxygen atoms in total. The van der Waals surface area contributed by atoms with Crippen molar-refractivity contribution in [1.82, 2.24) is 15.1 Å². The second-order valence-electron chi connectivity index (χ2n) is 4.19. The predicted octanol–water partition coefficient (Wildman–Crippen LogP) is 3.65. The molecule has 108 valence electrons. The molecule has 2 rings (SSSR count). The molecule has 0 aliphatic rings. The maximum atomic E-state index is 13.0. The standard InChI is InChI=1S/C13H13ClF3N3/c1-2-18-8-10-5-6-20(19-10)12-4-3-9(14)7-11(12)13(15,16)17/h3-7,18H,2,8H2,1H3. The van der Waals surface area contributed by atoms with Crippen LogP contribution in [-0.2, 0) is 12.7 Å². The van der Waals surface area contributed by atoms with Crippen molar-refractivity contribution >= 4 is 11.6 Å². The molecule has 1 N–H and O–H groups in total. The summed E-state index contributed by atoms with van der Waals surface area (Å²) in [5.41, 5.74) is -0.164. The van der Waals surface area contributed by atoms with Crippen molar-refractivity contribution in [3.8, 4) is 5.69 Å². The summed E-state index contributed by atoms with van der Waals surface area (Å²) in [6.07, 6.45) is -2.97. The summed E-state index contributed by atoms with van der Waals surface area (Å²) in [5.74, 6) is 0. The van der Waals surface area contributed by atoms with Gasteiger partial charge in [-0.25, -0.2) is 4.68 Å². The molecule has 0 bridgehead atoms. The highest BCUT2D eigenvalue weighted by Gasteiger charge is 2.34. The Bertz CT molecular complexity index is 593. The molecule has 0 saturated carbocycles. The number of alkyl halides is 3. The number of hydrogen-bond acceptors (Lipinski definition) is 2. The number of aromatic nitrogens is 2. The number of nitrogens with one attached hydrogen (secondary N) is 1. The summed E-state index contributed by atoms with van der Waals surface area (Å²) in [4.78, 5) is 0. The van der Waals surface area contributed by atoms with Crippen molar-refractivity contribution in [1.29, 1.82) is 0 Å². The van der Waals surface area contributed by atoms with E-state index in [9.17, 15) is 13.2 Å². The Balaban J connectivity index is 2.39. The molecule has 0 saturated heterocycles. The molecule has 0 radical (unpaired) electrons. The number of halogens is 4. The van der Waals surface area contributed by atoms with Crippen LogP contribution in [-0.4, -0.2) is 16.3 Å². The zero-order valence-electron chi connectivity index (χ0n) is 10.7. The summed E-state index contributed by atoms with van der Waals surface area (Å²) in [7, 11) is 0. The normalized spacial score (nSPS) is 11.8. The van der Waals surface area contributed by atoms with Crippen LogP contribution in [0.4, 0.5) is 13.2 Å². The van der Waals surface area contributed by atoms with Crippen LogP contribution in [0.15, 0.2) is 30.5 Å². The van der Waals surface area contributed by atoms with Crippen LogP contribution in [0.25, 0.3) is 5.69 Å². The average Bonchev–Trinajstić information content (AvgIpc) is 2.84. The molecule has 0 fully saturated rings. The van der Waals surface area contributed by atoms with E-state index in [2.05, 4.69) is 10.4 Å². The molecule has 0 unspecified atom stereocenters. The largest absolute Gasteiger partial charge is 0.418 e. The summed E-state index contributed by atoms with van der Waals surface area (Å²) in [5, 5.41) is 7.24. The van der Waals surface area contributed by atoms with Crippen molar-refractivity contribution < 1.29 is 13.2 Å². The van der Waals surface area contributed by atoms with Crippen molar-refractivity contribution in [2.75, 3.05) is 6.54 Å². The van der Waals surface area contributed by atoms with E-state index in [0.29, 0.717) is 12.2 Å². The van der Waals surface area contributed by atoms with Crippen molar-refractivity contribution in [2.24, 2.45) is 0 Å². The van der Waals surface area contributed by atoms with Gasteiger partial charge < -0.3 is 5.32 Å². The van der Waals surface area contributed by atoms with Gasteiger partial charge in [-0.05, 0) is 30.8 Å². The van der Waals surface area contributed by atoms with Gasteiger partial charge in [0.2, 0.25) is 0 Å². The molecule has 20 heavy (non-hydrogen) atoms. The van der Waals surface area contributed by atoms with E-state index in [-0.39, 0.29) is 10.7 Å². The van der Waals surface area contributed by atoms with Gasteiger partial charge in [-0.2, -0.15) is 18.3 Å². The Morgan fingerprint density at radius 1 is 1.30 bits per heavy atom. The molecular weight excluding hydrogens is 291 g/mol. The maximum Gasteiger partial charge on any atom is 0.418 e. The van der Waals surface area contributed by atoms with Crippen LogP contribution in [0, 0.1) is 0 Å². The lowest BCUT2D eigenvalue weighted by Crippen LogP contribution is -2.14. The zero-order valence-corrected chi connectivity index (χ0v) is 11.5. The first kappa shape index (κ1) is 14.9. The molecular formula is C13H13ClF3N3. The molecule has 1 heterocycles. The molecule has 2 aromatic rings. The summed E-state index contributed by atoms with van der Waals surface area (Å²) >= 11 is 5.64. The summed E-state index contributed by atoms with van der Waals surface area (Å²) in [6, 6.07) is 5.31. The lowest BCUT2D eigenvalue weighted by atomic mass is 10.1. The minimum absolute atomic E-state index is 0.0374. The van der Waals surface area contributed by atoms with Gasteiger partial charge in [0.05, 0.1) is 16.9 Å². The number of hydrogen-bond donors (Lipinski definition) is 1. The quantitative estimate of drug-likeness (QED) is 0.934. The lowest BCUT2D eigenvalue weighted by molar-refractivity contribution is -0.137. The van der Waals surface area contributed by atoms with E-state index in [0.717, 1.165) is 12.6 Å². The first-order chi connectivity index (χ1) is 9.41.